The van der Waals surface area contributed by atoms with Crippen LogP contribution in [0, 0.1) is 11.6 Å². The van der Waals surface area contributed by atoms with Crippen LogP contribution in [0.3, 0.4) is 0 Å². The zero-order chi connectivity index (χ0) is 16.2. The Balaban J connectivity index is 2.92. The molecule has 118 valence electrons. The van der Waals surface area contributed by atoms with E-state index in [-0.39, 0.29) is 0 Å². The van der Waals surface area contributed by atoms with Crippen molar-refractivity contribution < 1.29 is 26.7 Å². The Morgan fingerprint density at radius 2 is 1.81 bits per heavy atom. The average molecular weight is 322 g/mol. The fraction of sp³-hybridized carbons (Fsp3) is 0.417. The van der Waals surface area contributed by atoms with Crippen molar-refractivity contribution in [2.24, 2.45) is 5.14 Å². The molecule has 0 aromatic heterocycles. The lowest BCUT2D eigenvalue weighted by Crippen LogP contribution is -2.34. The van der Waals surface area contributed by atoms with Gasteiger partial charge in [0.25, 0.3) is 5.91 Å². The Labute approximate surface area is 121 Å². The summed E-state index contributed by atoms with van der Waals surface area (Å²) in [7, 11) is -4.37. The van der Waals surface area contributed by atoms with Crippen LogP contribution in [0.2, 0.25) is 0 Å². The van der Waals surface area contributed by atoms with E-state index in [1.807, 2.05) is 0 Å². The van der Waals surface area contributed by atoms with E-state index in [4.69, 9.17) is 9.88 Å². The summed E-state index contributed by atoms with van der Waals surface area (Å²) in [5, 5.41) is 4.74. The number of carbonyl (C=O) groups excluding carboxylic acids is 1. The first-order valence-corrected chi connectivity index (χ1v) is 7.68. The summed E-state index contributed by atoms with van der Waals surface area (Å²) in [6.45, 7) is 3.97. The molecule has 0 bridgehead atoms. The molecule has 9 heteroatoms. The van der Waals surface area contributed by atoms with Crippen LogP contribution in [0.4, 0.5) is 8.78 Å². The minimum Gasteiger partial charge on any atom is -0.481 e. The van der Waals surface area contributed by atoms with Gasteiger partial charge in [-0.15, -0.1) is 0 Å². The predicted octanol–water partition coefficient (Wildman–Crippen LogP) is 0.859. The molecule has 1 aromatic carbocycles. The summed E-state index contributed by atoms with van der Waals surface area (Å²) in [6, 6.07) is 1.69. The molecule has 0 spiro atoms. The molecule has 0 saturated heterocycles. The van der Waals surface area contributed by atoms with Crippen molar-refractivity contribution in [1.29, 1.82) is 0 Å². The highest BCUT2D eigenvalue weighted by molar-refractivity contribution is 7.89. The van der Waals surface area contributed by atoms with E-state index < -0.39 is 44.8 Å². The Bertz CT molecular complexity index is 630. The minimum absolute atomic E-state index is 0.393. The van der Waals surface area contributed by atoms with Gasteiger partial charge in [0.15, 0.2) is 18.2 Å². The molecule has 1 rings (SSSR count). The monoisotopic (exact) mass is 322 g/mol. The Morgan fingerprint density at radius 3 is 2.29 bits per heavy atom. The van der Waals surface area contributed by atoms with Crippen LogP contribution < -0.4 is 9.88 Å². The van der Waals surface area contributed by atoms with E-state index in [1.54, 1.807) is 13.8 Å². The van der Waals surface area contributed by atoms with Crippen molar-refractivity contribution in [3.63, 3.8) is 0 Å². The van der Waals surface area contributed by atoms with Gasteiger partial charge in [0.2, 0.25) is 15.8 Å². The van der Waals surface area contributed by atoms with Gasteiger partial charge in [0, 0.05) is 13.1 Å². The predicted molar refractivity (Wildman–Crippen MR) is 71.2 cm³/mol. The van der Waals surface area contributed by atoms with Crippen molar-refractivity contribution in [2.75, 3.05) is 19.7 Å². The highest BCUT2D eigenvalue weighted by atomic mass is 32.2. The molecular formula is C12H16F2N2O4S. The first kappa shape index (κ1) is 17.3. The van der Waals surface area contributed by atoms with E-state index in [0.717, 1.165) is 12.1 Å². The van der Waals surface area contributed by atoms with Crippen LogP contribution >= 0.6 is 0 Å². The Kier molecular flexibility index (Phi) is 5.62. The number of benzene rings is 1. The van der Waals surface area contributed by atoms with Crippen molar-refractivity contribution >= 4 is 15.9 Å². The number of rotatable bonds is 6. The smallest absolute Gasteiger partial charge is 0.260 e. The molecule has 0 aliphatic heterocycles. The molecular weight excluding hydrogens is 306 g/mol. The summed E-state index contributed by atoms with van der Waals surface area (Å²) < 4.78 is 54.2. The maximum atomic E-state index is 13.7. The number of likely N-dealkylation sites (N-methyl/N-ethyl adjacent to an activating group) is 1. The van der Waals surface area contributed by atoms with Crippen molar-refractivity contribution in [3.05, 3.63) is 23.8 Å². The van der Waals surface area contributed by atoms with Gasteiger partial charge in [-0.3, -0.25) is 4.79 Å². The second-order valence-electron chi connectivity index (χ2n) is 4.09. The summed E-state index contributed by atoms with van der Waals surface area (Å²) in [6.07, 6.45) is 0. The summed E-state index contributed by atoms with van der Waals surface area (Å²) >= 11 is 0. The summed E-state index contributed by atoms with van der Waals surface area (Å²) in [4.78, 5) is 12.2. The number of nitrogens with zero attached hydrogens (tertiary/aromatic N) is 1. The number of hydrogen-bond donors (Lipinski definition) is 1. The third-order valence-corrected chi connectivity index (χ3v) is 3.71. The van der Waals surface area contributed by atoms with Crippen LogP contribution in [-0.2, 0) is 14.8 Å². The van der Waals surface area contributed by atoms with Crippen LogP contribution in [0.1, 0.15) is 13.8 Å². The SMILES string of the molecule is CCN(CC)C(=O)COc1ccc(S(N)(=O)=O)c(F)c1F. The first-order chi connectivity index (χ1) is 9.72. The number of halogens is 2. The largest absolute Gasteiger partial charge is 0.481 e. The average Bonchev–Trinajstić information content (AvgIpc) is 2.40. The third-order valence-electron chi connectivity index (χ3n) is 2.79. The summed E-state index contributed by atoms with van der Waals surface area (Å²) in [5.41, 5.74) is 0. The van der Waals surface area contributed by atoms with E-state index in [1.165, 1.54) is 4.90 Å². The first-order valence-electron chi connectivity index (χ1n) is 6.13. The molecule has 0 fully saturated rings. The molecule has 2 N–H and O–H groups in total. The molecule has 0 atom stereocenters. The standard InChI is InChI=1S/C12H16F2N2O4S/c1-3-16(4-2)10(17)7-20-8-5-6-9(21(15,18)19)12(14)11(8)13/h5-6H,3-4,7H2,1-2H3,(H2,15,18,19). The maximum absolute atomic E-state index is 13.7. The second-order valence-corrected chi connectivity index (χ2v) is 5.62. The molecule has 0 saturated carbocycles. The normalized spacial score (nSPS) is 11.3. The van der Waals surface area contributed by atoms with Gasteiger partial charge in [-0.05, 0) is 26.0 Å². The van der Waals surface area contributed by atoms with E-state index in [9.17, 15) is 22.0 Å². The van der Waals surface area contributed by atoms with Crippen LogP contribution in [-0.4, -0.2) is 38.9 Å². The summed E-state index contributed by atoms with van der Waals surface area (Å²) in [5.74, 6) is -4.09. The topological polar surface area (TPSA) is 89.7 Å². The molecule has 21 heavy (non-hydrogen) atoms. The number of primary sulfonamides is 1. The minimum atomic E-state index is -4.37. The quantitative estimate of drug-likeness (QED) is 0.841. The molecule has 0 radical (unpaired) electrons. The van der Waals surface area contributed by atoms with E-state index >= 15 is 0 Å². The zero-order valence-corrected chi connectivity index (χ0v) is 12.4. The number of ether oxygens (including phenoxy) is 1. The van der Waals surface area contributed by atoms with E-state index in [2.05, 4.69) is 0 Å². The van der Waals surface area contributed by atoms with Gasteiger partial charge < -0.3 is 9.64 Å². The molecule has 1 aromatic rings. The van der Waals surface area contributed by atoms with Crippen LogP contribution in [0.15, 0.2) is 17.0 Å². The third kappa shape index (κ3) is 4.11. The second kappa shape index (κ2) is 6.81. The van der Waals surface area contributed by atoms with Gasteiger partial charge in [0.1, 0.15) is 4.90 Å². The van der Waals surface area contributed by atoms with Gasteiger partial charge in [-0.25, -0.2) is 17.9 Å². The zero-order valence-electron chi connectivity index (χ0n) is 11.6. The lowest BCUT2D eigenvalue weighted by atomic mass is 10.3. The maximum Gasteiger partial charge on any atom is 0.260 e. The molecule has 0 unspecified atom stereocenters. The fourth-order valence-corrected chi connectivity index (χ4v) is 2.25. The molecule has 1 amide bonds. The number of sulfonamides is 1. The molecule has 0 aliphatic carbocycles. The molecule has 0 heterocycles. The number of carbonyl (C=O) groups is 1. The lowest BCUT2D eigenvalue weighted by Gasteiger charge is -2.18. The van der Waals surface area contributed by atoms with Crippen LogP contribution in [0.25, 0.3) is 0 Å². The molecule has 6 nitrogen and oxygen atoms in total. The number of amides is 1. The van der Waals surface area contributed by atoms with Gasteiger partial charge >= 0.3 is 0 Å². The fourth-order valence-electron chi connectivity index (χ4n) is 1.65. The van der Waals surface area contributed by atoms with Gasteiger partial charge in [-0.2, -0.15) is 4.39 Å². The highest BCUT2D eigenvalue weighted by Gasteiger charge is 2.22. The van der Waals surface area contributed by atoms with Crippen molar-refractivity contribution in [1.82, 2.24) is 4.90 Å². The Hall–Kier alpha value is -1.74. The highest BCUT2D eigenvalue weighted by Crippen LogP contribution is 2.24. The van der Waals surface area contributed by atoms with Crippen molar-refractivity contribution in [3.8, 4) is 5.75 Å². The van der Waals surface area contributed by atoms with Gasteiger partial charge in [0.05, 0.1) is 0 Å². The van der Waals surface area contributed by atoms with Crippen molar-refractivity contribution in [2.45, 2.75) is 18.7 Å². The van der Waals surface area contributed by atoms with Crippen LogP contribution in [0.5, 0.6) is 5.75 Å². The number of hydrogen-bond acceptors (Lipinski definition) is 4. The molecule has 0 aliphatic rings. The Morgan fingerprint density at radius 1 is 1.24 bits per heavy atom. The van der Waals surface area contributed by atoms with E-state index in [0.29, 0.717) is 13.1 Å². The van der Waals surface area contributed by atoms with Gasteiger partial charge in [-0.1, -0.05) is 0 Å². The lowest BCUT2D eigenvalue weighted by molar-refractivity contribution is -0.133. The number of nitrogens with two attached hydrogens (primary N) is 1.